The standard InChI is InChI=1S/C21H18F3N3O3S/c22-21(23,24)12-3-8-16-15(10-12)26-20(30)17(31-16)11-18(28)25-13-4-6-14(7-5-13)27-9-1-2-19(27)29/h3-8,10,17H,1-2,9,11H2,(H,25,28)(H,26,30). The van der Waals surface area contributed by atoms with Crippen LogP contribution in [-0.2, 0) is 20.6 Å². The maximum absolute atomic E-state index is 12.9. The molecule has 0 bridgehead atoms. The van der Waals surface area contributed by atoms with E-state index in [1.165, 1.54) is 6.07 Å². The second-order valence-electron chi connectivity index (χ2n) is 7.25. The van der Waals surface area contributed by atoms with Crippen molar-refractivity contribution in [3.8, 4) is 0 Å². The fourth-order valence-corrected chi connectivity index (χ4v) is 4.58. The molecule has 2 aromatic carbocycles. The number of thioether (sulfide) groups is 1. The van der Waals surface area contributed by atoms with Crippen molar-refractivity contribution in [3.63, 3.8) is 0 Å². The first kappa shape index (κ1) is 21.2. The normalized spacial score (nSPS) is 18.5. The lowest BCUT2D eigenvalue weighted by Gasteiger charge is -2.24. The highest BCUT2D eigenvalue weighted by molar-refractivity contribution is 8.01. The van der Waals surface area contributed by atoms with Crippen molar-refractivity contribution in [2.45, 2.75) is 35.6 Å². The van der Waals surface area contributed by atoms with E-state index in [-0.39, 0.29) is 18.0 Å². The average Bonchev–Trinajstić information content (AvgIpc) is 3.14. The van der Waals surface area contributed by atoms with Crippen LogP contribution in [0.25, 0.3) is 0 Å². The van der Waals surface area contributed by atoms with Crippen LogP contribution >= 0.6 is 11.8 Å². The number of hydrogen-bond donors (Lipinski definition) is 2. The molecule has 6 nitrogen and oxygen atoms in total. The summed E-state index contributed by atoms with van der Waals surface area (Å²) in [6.07, 6.45) is -3.29. The van der Waals surface area contributed by atoms with Crippen LogP contribution in [0.2, 0.25) is 0 Å². The Kier molecular flexibility index (Phi) is 5.65. The van der Waals surface area contributed by atoms with Crippen molar-refractivity contribution in [3.05, 3.63) is 48.0 Å². The van der Waals surface area contributed by atoms with Crippen molar-refractivity contribution in [2.24, 2.45) is 0 Å². The summed E-state index contributed by atoms with van der Waals surface area (Å²) >= 11 is 1.06. The molecule has 1 unspecified atom stereocenters. The molecular weight excluding hydrogens is 431 g/mol. The Morgan fingerprint density at radius 2 is 1.90 bits per heavy atom. The molecule has 1 fully saturated rings. The summed E-state index contributed by atoms with van der Waals surface area (Å²) in [5, 5.41) is 4.41. The summed E-state index contributed by atoms with van der Waals surface area (Å²) in [4.78, 5) is 38.7. The zero-order chi connectivity index (χ0) is 22.2. The Morgan fingerprint density at radius 1 is 1.16 bits per heavy atom. The first-order valence-corrected chi connectivity index (χ1v) is 10.5. The van der Waals surface area contributed by atoms with Gasteiger partial charge < -0.3 is 15.5 Å². The number of carbonyl (C=O) groups excluding carboxylic acids is 3. The van der Waals surface area contributed by atoms with Gasteiger partial charge >= 0.3 is 6.18 Å². The fraction of sp³-hybridized carbons (Fsp3) is 0.286. The molecule has 0 spiro atoms. The lowest BCUT2D eigenvalue weighted by Crippen LogP contribution is -2.32. The molecule has 1 atom stereocenters. The predicted octanol–water partition coefficient (Wildman–Crippen LogP) is 4.27. The average molecular weight is 449 g/mol. The highest BCUT2D eigenvalue weighted by atomic mass is 32.2. The third-order valence-corrected chi connectivity index (χ3v) is 6.31. The van der Waals surface area contributed by atoms with Gasteiger partial charge in [-0.05, 0) is 48.9 Å². The van der Waals surface area contributed by atoms with Gasteiger partial charge in [-0.3, -0.25) is 14.4 Å². The Bertz CT molecular complexity index is 1040. The molecule has 2 aliphatic rings. The largest absolute Gasteiger partial charge is 0.416 e. The first-order chi connectivity index (χ1) is 14.7. The summed E-state index contributed by atoms with van der Waals surface area (Å²) in [5.41, 5.74) is 0.533. The number of benzene rings is 2. The molecule has 1 saturated heterocycles. The number of nitrogens with zero attached hydrogens (tertiary/aromatic N) is 1. The quantitative estimate of drug-likeness (QED) is 0.731. The summed E-state index contributed by atoms with van der Waals surface area (Å²) in [6.45, 7) is 0.671. The van der Waals surface area contributed by atoms with Gasteiger partial charge in [0.1, 0.15) is 0 Å². The molecular formula is C21H18F3N3O3S. The Hall–Kier alpha value is -3.01. The number of halogens is 3. The topological polar surface area (TPSA) is 78.5 Å². The highest BCUT2D eigenvalue weighted by Gasteiger charge is 2.34. The first-order valence-electron chi connectivity index (χ1n) is 9.60. The van der Waals surface area contributed by atoms with E-state index in [9.17, 15) is 27.6 Å². The van der Waals surface area contributed by atoms with Crippen molar-refractivity contribution < 1.29 is 27.6 Å². The van der Waals surface area contributed by atoms with Crippen LogP contribution < -0.4 is 15.5 Å². The minimum atomic E-state index is -4.50. The molecule has 162 valence electrons. The second kappa shape index (κ2) is 8.26. The van der Waals surface area contributed by atoms with Gasteiger partial charge in [0.25, 0.3) is 0 Å². The molecule has 0 radical (unpaired) electrons. The number of alkyl halides is 3. The number of carbonyl (C=O) groups is 3. The zero-order valence-electron chi connectivity index (χ0n) is 16.2. The van der Waals surface area contributed by atoms with E-state index in [4.69, 9.17) is 0 Å². The molecule has 2 heterocycles. The minimum absolute atomic E-state index is 0.0692. The smallest absolute Gasteiger partial charge is 0.326 e. The maximum atomic E-state index is 12.9. The summed E-state index contributed by atoms with van der Waals surface area (Å²) in [5.74, 6) is -0.845. The van der Waals surface area contributed by atoms with Gasteiger partial charge in [0, 0.05) is 35.7 Å². The van der Waals surface area contributed by atoms with E-state index in [1.54, 1.807) is 29.2 Å². The molecule has 2 aromatic rings. The van der Waals surface area contributed by atoms with Crippen LogP contribution in [0.15, 0.2) is 47.4 Å². The SMILES string of the molecule is O=C(CC1Sc2ccc(C(F)(F)F)cc2NC1=O)Nc1ccc(N2CCCC2=O)cc1. The number of anilines is 3. The summed E-state index contributed by atoms with van der Waals surface area (Å²) < 4.78 is 38.6. The summed E-state index contributed by atoms with van der Waals surface area (Å²) in [7, 11) is 0. The Labute approximate surface area is 180 Å². The molecule has 4 rings (SSSR count). The van der Waals surface area contributed by atoms with E-state index in [2.05, 4.69) is 10.6 Å². The number of rotatable bonds is 4. The Morgan fingerprint density at radius 3 is 2.55 bits per heavy atom. The summed E-state index contributed by atoms with van der Waals surface area (Å²) in [6, 6.07) is 9.99. The van der Waals surface area contributed by atoms with Gasteiger partial charge in [0.15, 0.2) is 0 Å². The molecule has 2 N–H and O–H groups in total. The maximum Gasteiger partial charge on any atom is 0.416 e. The van der Waals surface area contributed by atoms with Gasteiger partial charge in [-0.2, -0.15) is 13.2 Å². The molecule has 3 amide bonds. The predicted molar refractivity (Wildman–Crippen MR) is 111 cm³/mol. The van der Waals surface area contributed by atoms with Gasteiger partial charge in [0.05, 0.1) is 16.5 Å². The van der Waals surface area contributed by atoms with Crippen LogP contribution in [0.4, 0.5) is 30.2 Å². The van der Waals surface area contributed by atoms with E-state index >= 15 is 0 Å². The van der Waals surface area contributed by atoms with Gasteiger partial charge in [-0.25, -0.2) is 0 Å². The van der Waals surface area contributed by atoms with E-state index < -0.39 is 28.8 Å². The third kappa shape index (κ3) is 4.68. The zero-order valence-corrected chi connectivity index (χ0v) is 17.0. The van der Waals surface area contributed by atoms with E-state index in [0.717, 1.165) is 36.0 Å². The van der Waals surface area contributed by atoms with Gasteiger partial charge in [-0.1, -0.05) is 0 Å². The fourth-order valence-electron chi connectivity index (χ4n) is 3.49. The van der Waals surface area contributed by atoms with E-state index in [0.29, 0.717) is 23.5 Å². The molecule has 2 aliphatic heterocycles. The monoisotopic (exact) mass is 449 g/mol. The van der Waals surface area contributed by atoms with Gasteiger partial charge in [0.2, 0.25) is 17.7 Å². The van der Waals surface area contributed by atoms with E-state index in [1.807, 2.05) is 0 Å². The van der Waals surface area contributed by atoms with Crippen molar-refractivity contribution in [1.82, 2.24) is 0 Å². The van der Waals surface area contributed by atoms with Crippen LogP contribution in [-0.4, -0.2) is 29.5 Å². The molecule has 0 aliphatic carbocycles. The van der Waals surface area contributed by atoms with Crippen LogP contribution in [0.5, 0.6) is 0 Å². The second-order valence-corrected chi connectivity index (χ2v) is 8.50. The number of nitrogens with one attached hydrogen (secondary N) is 2. The third-order valence-electron chi connectivity index (χ3n) is 5.03. The van der Waals surface area contributed by atoms with Crippen LogP contribution in [0.1, 0.15) is 24.8 Å². The number of hydrogen-bond acceptors (Lipinski definition) is 4. The van der Waals surface area contributed by atoms with Crippen molar-refractivity contribution in [1.29, 1.82) is 0 Å². The van der Waals surface area contributed by atoms with Crippen molar-refractivity contribution in [2.75, 3.05) is 22.1 Å². The molecule has 10 heteroatoms. The van der Waals surface area contributed by atoms with Crippen molar-refractivity contribution >= 4 is 46.5 Å². The highest BCUT2D eigenvalue weighted by Crippen LogP contribution is 2.40. The number of fused-ring (bicyclic) bond motifs is 1. The minimum Gasteiger partial charge on any atom is -0.326 e. The lowest BCUT2D eigenvalue weighted by molar-refractivity contribution is -0.137. The van der Waals surface area contributed by atoms with Crippen LogP contribution in [0, 0.1) is 0 Å². The Balaban J connectivity index is 1.38. The van der Waals surface area contributed by atoms with Gasteiger partial charge in [-0.15, -0.1) is 11.8 Å². The lowest BCUT2D eigenvalue weighted by atomic mass is 10.1. The molecule has 31 heavy (non-hydrogen) atoms. The number of amides is 3. The van der Waals surface area contributed by atoms with Crippen LogP contribution in [0.3, 0.4) is 0 Å². The molecule has 0 aromatic heterocycles. The molecule has 0 saturated carbocycles.